The number of amides is 2. The van der Waals surface area contributed by atoms with Crippen LogP contribution in [0, 0.1) is 0 Å². The van der Waals surface area contributed by atoms with Crippen LogP contribution in [0.5, 0.6) is 0 Å². The summed E-state index contributed by atoms with van der Waals surface area (Å²) in [5.41, 5.74) is 3.12. The number of rotatable bonds is 6. The molecule has 0 spiro atoms. The number of ketones is 1. The molecule has 1 atom stereocenters. The van der Waals surface area contributed by atoms with E-state index < -0.39 is 24.3 Å². The van der Waals surface area contributed by atoms with Crippen molar-refractivity contribution in [2.45, 2.75) is 52.9 Å². The normalized spacial score (nSPS) is 12.1. The molecule has 7 nitrogen and oxygen atoms in total. The first-order chi connectivity index (χ1) is 12.2. The summed E-state index contributed by atoms with van der Waals surface area (Å²) < 4.78 is 10.1. The number of nitrogens with one attached hydrogen (secondary N) is 1. The number of hydrogen-bond donors (Lipinski definition) is 1. The Hall–Kier alpha value is -2.83. The number of hydrogen-bond acceptors (Lipinski definition) is 5. The smallest absolute Gasteiger partial charge is 0.429 e. The molecule has 2 amide bonds. The van der Waals surface area contributed by atoms with Gasteiger partial charge < -0.3 is 9.47 Å². The largest absolute Gasteiger partial charge is 0.446 e. The van der Waals surface area contributed by atoms with Gasteiger partial charge in [-0.05, 0) is 46.3 Å². The minimum absolute atomic E-state index is 0.373. The van der Waals surface area contributed by atoms with E-state index in [1.54, 1.807) is 33.8 Å². The van der Waals surface area contributed by atoms with Crippen molar-refractivity contribution < 1.29 is 23.9 Å². The molecule has 0 fully saturated rings. The molecule has 142 valence electrons. The van der Waals surface area contributed by atoms with Crippen molar-refractivity contribution in [3.05, 3.63) is 42.0 Å². The second-order valence-corrected chi connectivity index (χ2v) is 6.19. The number of hydrazine groups is 1. The van der Waals surface area contributed by atoms with Gasteiger partial charge in [-0.3, -0.25) is 4.79 Å². The maximum Gasteiger partial charge on any atom is 0.429 e. The fourth-order valence-electron chi connectivity index (χ4n) is 1.91. The Morgan fingerprint density at radius 1 is 0.962 bits per heavy atom. The van der Waals surface area contributed by atoms with Crippen LogP contribution in [-0.4, -0.2) is 41.2 Å². The van der Waals surface area contributed by atoms with Crippen LogP contribution in [0.1, 0.15) is 40.2 Å². The van der Waals surface area contributed by atoms with Gasteiger partial charge in [0.05, 0.1) is 12.2 Å². The van der Waals surface area contributed by atoms with Crippen molar-refractivity contribution in [2.75, 3.05) is 0 Å². The van der Waals surface area contributed by atoms with Crippen molar-refractivity contribution in [1.29, 1.82) is 0 Å². The van der Waals surface area contributed by atoms with Crippen molar-refractivity contribution in [2.24, 2.45) is 0 Å². The highest BCUT2D eigenvalue weighted by atomic mass is 16.6. The van der Waals surface area contributed by atoms with Gasteiger partial charge in [0.25, 0.3) is 0 Å². The number of ether oxygens (including phenoxy) is 2. The molecule has 7 heteroatoms. The lowest BCUT2D eigenvalue weighted by Crippen LogP contribution is -2.54. The molecule has 0 saturated carbocycles. The van der Waals surface area contributed by atoms with Crippen molar-refractivity contribution in [3.63, 3.8) is 0 Å². The van der Waals surface area contributed by atoms with Gasteiger partial charge in [-0.15, -0.1) is 0 Å². The van der Waals surface area contributed by atoms with Crippen molar-refractivity contribution in [3.8, 4) is 0 Å². The van der Waals surface area contributed by atoms with E-state index in [-0.39, 0.29) is 11.9 Å². The fourth-order valence-corrected chi connectivity index (χ4v) is 1.91. The predicted octanol–water partition coefficient (Wildman–Crippen LogP) is 3.55. The average molecular weight is 362 g/mol. The average Bonchev–Trinajstić information content (AvgIpc) is 2.56. The highest BCUT2D eigenvalue weighted by molar-refractivity contribution is 5.99. The maximum absolute atomic E-state index is 12.4. The molecule has 1 rings (SSSR count). The number of nitrogens with zero attached hydrogens (tertiary/aromatic N) is 1. The van der Waals surface area contributed by atoms with Crippen LogP contribution in [0.2, 0.25) is 0 Å². The van der Waals surface area contributed by atoms with Gasteiger partial charge >= 0.3 is 12.2 Å². The first kappa shape index (κ1) is 21.2. The molecule has 0 aliphatic rings. The molecule has 1 aromatic rings. The second-order valence-electron chi connectivity index (χ2n) is 6.19. The Kier molecular flexibility index (Phi) is 8.34. The number of carbonyl (C=O) groups excluding carboxylic acids is 3. The van der Waals surface area contributed by atoms with Crippen LogP contribution >= 0.6 is 0 Å². The minimum atomic E-state index is -0.971. The number of benzene rings is 1. The van der Waals surface area contributed by atoms with Crippen LogP contribution in [0.15, 0.2) is 36.4 Å². The third-order valence-electron chi connectivity index (χ3n) is 3.13. The zero-order valence-corrected chi connectivity index (χ0v) is 15.8. The van der Waals surface area contributed by atoms with E-state index in [0.29, 0.717) is 0 Å². The Morgan fingerprint density at radius 2 is 1.54 bits per heavy atom. The van der Waals surface area contributed by atoms with Gasteiger partial charge in [0.2, 0.25) is 0 Å². The van der Waals surface area contributed by atoms with Crippen LogP contribution < -0.4 is 5.43 Å². The quantitative estimate of drug-likeness (QED) is 0.618. The molecule has 0 aromatic heterocycles. The summed E-state index contributed by atoms with van der Waals surface area (Å²) in [7, 11) is 0. The highest BCUT2D eigenvalue weighted by Gasteiger charge is 2.29. The first-order valence-electron chi connectivity index (χ1n) is 8.44. The number of carbonyl (C=O) groups is 3. The third kappa shape index (κ3) is 7.38. The van der Waals surface area contributed by atoms with E-state index in [1.807, 2.05) is 30.3 Å². The van der Waals surface area contributed by atoms with Crippen LogP contribution in [0.4, 0.5) is 9.59 Å². The molecule has 0 heterocycles. The van der Waals surface area contributed by atoms with Gasteiger partial charge in [0.15, 0.2) is 5.78 Å². The summed E-state index contributed by atoms with van der Waals surface area (Å²) in [4.78, 5) is 36.5. The summed E-state index contributed by atoms with van der Waals surface area (Å²) in [6, 6.07) is 8.29. The van der Waals surface area contributed by atoms with Crippen molar-refractivity contribution >= 4 is 24.0 Å². The summed E-state index contributed by atoms with van der Waals surface area (Å²) in [5.74, 6) is -0.376. The maximum atomic E-state index is 12.4. The monoisotopic (exact) mass is 362 g/mol. The Labute approximate surface area is 153 Å². The van der Waals surface area contributed by atoms with Crippen LogP contribution in [-0.2, 0) is 14.3 Å². The molecule has 0 aliphatic carbocycles. The summed E-state index contributed by atoms with van der Waals surface area (Å²) in [6.07, 6.45) is 0.529. The molecule has 0 aliphatic heterocycles. The third-order valence-corrected chi connectivity index (χ3v) is 3.13. The molecule has 0 saturated heterocycles. The predicted molar refractivity (Wildman–Crippen MR) is 98.2 cm³/mol. The van der Waals surface area contributed by atoms with E-state index in [9.17, 15) is 14.4 Å². The Balaban J connectivity index is 2.88. The van der Waals surface area contributed by atoms with E-state index >= 15 is 0 Å². The van der Waals surface area contributed by atoms with E-state index in [4.69, 9.17) is 9.47 Å². The van der Waals surface area contributed by atoms with E-state index in [1.165, 1.54) is 13.0 Å². The van der Waals surface area contributed by atoms with Gasteiger partial charge in [-0.25, -0.2) is 20.0 Å². The van der Waals surface area contributed by atoms with E-state index in [0.717, 1.165) is 10.6 Å². The first-order valence-corrected chi connectivity index (χ1v) is 8.44. The molecular weight excluding hydrogens is 336 g/mol. The highest BCUT2D eigenvalue weighted by Crippen LogP contribution is 2.07. The van der Waals surface area contributed by atoms with E-state index in [2.05, 4.69) is 5.43 Å². The molecule has 26 heavy (non-hydrogen) atoms. The standard InChI is InChI=1S/C19H26N2O5/c1-13(2)25-18(23)20-21(19(24)26-14(3)4)15(5)17(22)12-11-16-9-7-6-8-10-16/h6-15H,1-5H3,(H,20,23)/b12-11+. The zero-order chi connectivity index (χ0) is 19.7. The summed E-state index contributed by atoms with van der Waals surface area (Å²) in [5, 5.41) is 0.836. The fraction of sp³-hybridized carbons (Fsp3) is 0.421. The van der Waals surface area contributed by atoms with Gasteiger partial charge in [0, 0.05) is 0 Å². The van der Waals surface area contributed by atoms with Crippen LogP contribution in [0.25, 0.3) is 6.08 Å². The van der Waals surface area contributed by atoms with Gasteiger partial charge in [-0.1, -0.05) is 36.4 Å². The topological polar surface area (TPSA) is 84.9 Å². The molecule has 1 N–H and O–H groups in total. The summed E-state index contributed by atoms with van der Waals surface area (Å²) in [6.45, 7) is 8.19. The molecule has 1 aromatic carbocycles. The Morgan fingerprint density at radius 3 is 2.08 bits per heavy atom. The second kappa shape index (κ2) is 10.2. The molecule has 0 radical (unpaired) electrons. The molecule has 1 unspecified atom stereocenters. The Bertz CT molecular complexity index is 641. The SMILES string of the molecule is CC(C)OC(=O)NN(C(=O)OC(C)C)C(C)C(=O)/C=C/c1ccccc1. The van der Waals surface area contributed by atoms with Crippen LogP contribution in [0.3, 0.4) is 0 Å². The zero-order valence-electron chi connectivity index (χ0n) is 15.8. The van der Waals surface area contributed by atoms with Crippen molar-refractivity contribution in [1.82, 2.24) is 10.4 Å². The van der Waals surface area contributed by atoms with Gasteiger partial charge in [0.1, 0.15) is 6.04 Å². The van der Waals surface area contributed by atoms with Gasteiger partial charge in [-0.2, -0.15) is 0 Å². The molecular formula is C19H26N2O5. The molecule has 0 bridgehead atoms. The summed E-state index contributed by atoms with van der Waals surface area (Å²) >= 11 is 0. The lowest BCUT2D eigenvalue weighted by Gasteiger charge is -2.27. The lowest BCUT2D eigenvalue weighted by molar-refractivity contribution is -0.119. The minimum Gasteiger partial charge on any atom is -0.446 e. The lowest BCUT2D eigenvalue weighted by atomic mass is 10.1.